The van der Waals surface area contributed by atoms with Crippen LogP contribution in [0.2, 0.25) is 0 Å². The smallest absolute Gasteiger partial charge is 0.282 e. The second-order valence-electron chi connectivity index (χ2n) is 2.41. The number of aryl methyl sites for hydroxylation is 1. The van der Waals surface area contributed by atoms with Crippen LogP contribution in [-0.2, 0) is 6.54 Å². The van der Waals surface area contributed by atoms with Crippen molar-refractivity contribution in [1.82, 2.24) is 9.78 Å². The van der Waals surface area contributed by atoms with Crippen molar-refractivity contribution in [2.45, 2.75) is 13.0 Å². The summed E-state index contributed by atoms with van der Waals surface area (Å²) in [4.78, 5) is 11.4. The highest BCUT2D eigenvalue weighted by molar-refractivity contribution is 9.13. The van der Waals surface area contributed by atoms with Crippen molar-refractivity contribution in [3.63, 3.8) is 0 Å². The molecule has 0 radical (unpaired) electrons. The Kier molecular flexibility index (Phi) is 4.08. The minimum absolute atomic E-state index is 0.0573. The summed E-state index contributed by atoms with van der Waals surface area (Å²) >= 11 is 6.32. The number of hydrogen-bond acceptors (Lipinski definition) is 3. The third kappa shape index (κ3) is 2.62. The van der Waals surface area contributed by atoms with Crippen LogP contribution in [0.15, 0.2) is 19.9 Å². The Morgan fingerprint density at radius 2 is 2.23 bits per heavy atom. The first kappa shape index (κ1) is 10.9. The fraction of sp³-hybridized carbons (Fsp3) is 0.429. The molecule has 0 atom stereocenters. The molecule has 0 aliphatic heterocycles. The van der Waals surface area contributed by atoms with E-state index >= 15 is 0 Å². The molecule has 6 heteroatoms. The van der Waals surface area contributed by atoms with Gasteiger partial charge in [0.25, 0.3) is 5.56 Å². The first-order valence-corrected chi connectivity index (χ1v) is 5.27. The van der Waals surface area contributed by atoms with Gasteiger partial charge in [-0.1, -0.05) is 0 Å². The molecule has 0 amide bonds. The molecule has 1 aromatic rings. The van der Waals surface area contributed by atoms with E-state index < -0.39 is 0 Å². The van der Waals surface area contributed by atoms with Gasteiger partial charge in [0.15, 0.2) is 0 Å². The van der Waals surface area contributed by atoms with E-state index in [0.717, 1.165) is 0 Å². The predicted molar refractivity (Wildman–Crippen MR) is 55.6 cm³/mol. The molecule has 0 spiro atoms. The van der Waals surface area contributed by atoms with Gasteiger partial charge in [-0.2, -0.15) is 5.10 Å². The molecule has 13 heavy (non-hydrogen) atoms. The van der Waals surface area contributed by atoms with E-state index in [9.17, 15) is 4.79 Å². The lowest BCUT2D eigenvalue weighted by Gasteiger charge is -2.03. The number of nitrogens with zero attached hydrogens (tertiary/aromatic N) is 2. The second-order valence-corrected chi connectivity index (χ2v) is 4.06. The fourth-order valence-electron chi connectivity index (χ4n) is 0.825. The molecule has 0 aliphatic carbocycles. The van der Waals surface area contributed by atoms with Gasteiger partial charge in [0.05, 0.1) is 10.7 Å². The highest BCUT2D eigenvalue weighted by Crippen LogP contribution is 2.16. The molecular formula is C7H8Br2N2O2. The number of hydrogen-bond donors (Lipinski definition) is 1. The molecule has 0 unspecified atom stereocenters. The van der Waals surface area contributed by atoms with Crippen LogP contribution in [0.3, 0.4) is 0 Å². The van der Waals surface area contributed by atoms with Gasteiger partial charge in [-0.15, -0.1) is 0 Å². The van der Waals surface area contributed by atoms with E-state index in [1.54, 1.807) is 6.20 Å². The standard InChI is InChI=1S/C7H8Br2N2O2/c8-5-4-10-11(2-1-3-12)7(13)6(5)9/h4,12H,1-3H2. The van der Waals surface area contributed by atoms with Gasteiger partial charge in [0.1, 0.15) is 4.47 Å². The number of halogens is 2. The largest absolute Gasteiger partial charge is 0.396 e. The van der Waals surface area contributed by atoms with Crippen molar-refractivity contribution in [3.05, 3.63) is 25.5 Å². The highest BCUT2D eigenvalue weighted by Gasteiger charge is 2.05. The Morgan fingerprint density at radius 1 is 1.54 bits per heavy atom. The third-order valence-corrected chi connectivity index (χ3v) is 3.37. The summed E-state index contributed by atoms with van der Waals surface area (Å²) in [6.45, 7) is 0.489. The first-order valence-electron chi connectivity index (χ1n) is 3.69. The van der Waals surface area contributed by atoms with Crippen LogP contribution in [-0.4, -0.2) is 21.5 Å². The van der Waals surface area contributed by atoms with Crippen molar-refractivity contribution < 1.29 is 5.11 Å². The van der Waals surface area contributed by atoms with Crippen LogP contribution in [0.25, 0.3) is 0 Å². The Bertz CT molecular complexity index is 351. The zero-order valence-electron chi connectivity index (χ0n) is 6.70. The normalized spacial score (nSPS) is 10.4. The fourth-order valence-corrected chi connectivity index (χ4v) is 1.39. The Hall–Kier alpha value is -0.200. The van der Waals surface area contributed by atoms with Crippen molar-refractivity contribution in [3.8, 4) is 0 Å². The van der Waals surface area contributed by atoms with Gasteiger partial charge in [-0.05, 0) is 38.3 Å². The monoisotopic (exact) mass is 310 g/mol. The maximum absolute atomic E-state index is 11.4. The third-order valence-electron chi connectivity index (χ3n) is 1.47. The van der Waals surface area contributed by atoms with E-state index in [-0.39, 0.29) is 12.2 Å². The summed E-state index contributed by atoms with van der Waals surface area (Å²) in [6.07, 6.45) is 2.07. The lowest BCUT2D eigenvalue weighted by atomic mass is 10.4. The van der Waals surface area contributed by atoms with Gasteiger partial charge in [0.2, 0.25) is 0 Å². The van der Waals surface area contributed by atoms with Crippen LogP contribution in [0.4, 0.5) is 0 Å². The van der Waals surface area contributed by atoms with E-state index in [0.29, 0.717) is 21.9 Å². The van der Waals surface area contributed by atoms with Crippen LogP contribution in [0.5, 0.6) is 0 Å². The molecule has 0 saturated carbocycles. The maximum Gasteiger partial charge on any atom is 0.282 e. The van der Waals surface area contributed by atoms with E-state index in [2.05, 4.69) is 37.0 Å². The van der Waals surface area contributed by atoms with Crippen molar-refractivity contribution in [2.75, 3.05) is 6.61 Å². The zero-order chi connectivity index (χ0) is 9.84. The summed E-state index contributed by atoms with van der Waals surface area (Å²) in [6, 6.07) is 0. The molecule has 0 saturated heterocycles. The lowest BCUT2D eigenvalue weighted by molar-refractivity contribution is 0.275. The summed E-state index contributed by atoms with van der Waals surface area (Å²) in [5.41, 5.74) is -0.192. The van der Waals surface area contributed by atoms with Crippen LogP contribution >= 0.6 is 31.9 Å². The summed E-state index contributed by atoms with van der Waals surface area (Å²) < 4.78 is 2.41. The molecule has 0 aromatic carbocycles. The Balaban J connectivity index is 2.97. The number of aliphatic hydroxyl groups is 1. The minimum atomic E-state index is -0.192. The molecule has 1 aromatic heterocycles. The molecule has 0 aliphatic rings. The van der Waals surface area contributed by atoms with Gasteiger partial charge < -0.3 is 5.11 Å². The van der Waals surface area contributed by atoms with Gasteiger partial charge in [-0.3, -0.25) is 4.79 Å². The van der Waals surface area contributed by atoms with Crippen LogP contribution in [0.1, 0.15) is 6.42 Å². The summed E-state index contributed by atoms with van der Waals surface area (Å²) in [5, 5.41) is 12.5. The second kappa shape index (κ2) is 4.88. The van der Waals surface area contributed by atoms with Gasteiger partial charge in [0, 0.05) is 13.2 Å². The molecule has 72 valence electrons. The average molecular weight is 312 g/mol. The SMILES string of the molecule is O=c1c(Br)c(Br)cnn1CCCO. The Morgan fingerprint density at radius 3 is 2.85 bits per heavy atom. The molecule has 0 bridgehead atoms. The van der Waals surface area contributed by atoms with E-state index in [1.807, 2.05) is 0 Å². The molecular weight excluding hydrogens is 304 g/mol. The molecule has 4 nitrogen and oxygen atoms in total. The maximum atomic E-state index is 11.4. The number of aromatic nitrogens is 2. The number of aliphatic hydroxyl groups excluding tert-OH is 1. The number of rotatable bonds is 3. The topological polar surface area (TPSA) is 55.1 Å². The summed E-state index contributed by atoms with van der Waals surface area (Å²) in [7, 11) is 0. The van der Waals surface area contributed by atoms with Crippen LogP contribution in [0, 0.1) is 0 Å². The van der Waals surface area contributed by atoms with E-state index in [1.165, 1.54) is 4.68 Å². The average Bonchev–Trinajstić information content (AvgIpc) is 2.13. The minimum Gasteiger partial charge on any atom is -0.396 e. The van der Waals surface area contributed by atoms with E-state index in [4.69, 9.17) is 5.11 Å². The van der Waals surface area contributed by atoms with Crippen molar-refractivity contribution in [1.29, 1.82) is 0 Å². The van der Waals surface area contributed by atoms with Crippen LogP contribution < -0.4 is 5.56 Å². The molecule has 1 heterocycles. The molecule has 0 fully saturated rings. The lowest BCUT2D eigenvalue weighted by Crippen LogP contribution is -2.23. The van der Waals surface area contributed by atoms with Crippen molar-refractivity contribution in [2.24, 2.45) is 0 Å². The molecule has 1 rings (SSSR count). The van der Waals surface area contributed by atoms with Gasteiger partial charge in [-0.25, -0.2) is 4.68 Å². The van der Waals surface area contributed by atoms with Gasteiger partial charge >= 0.3 is 0 Å². The zero-order valence-corrected chi connectivity index (χ0v) is 9.88. The first-order chi connectivity index (χ1) is 6.16. The summed E-state index contributed by atoms with van der Waals surface area (Å²) in [5.74, 6) is 0. The predicted octanol–water partition coefficient (Wildman–Crippen LogP) is 1.15. The quantitative estimate of drug-likeness (QED) is 0.911. The van der Waals surface area contributed by atoms with Crippen molar-refractivity contribution >= 4 is 31.9 Å². The Labute approximate surface area is 91.8 Å². The molecule has 1 N–H and O–H groups in total. The highest BCUT2D eigenvalue weighted by atomic mass is 79.9.